The van der Waals surface area contributed by atoms with Gasteiger partial charge in [-0.3, -0.25) is 4.98 Å². The van der Waals surface area contributed by atoms with Crippen molar-refractivity contribution in [1.29, 1.82) is 0 Å². The van der Waals surface area contributed by atoms with Gasteiger partial charge in [-0.2, -0.15) is 4.91 Å². The third kappa shape index (κ3) is 4.00. The molecule has 3 heteroatoms. The van der Waals surface area contributed by atoms with Crippen molar-refractivity contribution in [1.82, 2.24) is 4.98 Å². The lowest BCUT2D eigenvalue weighted by molar-refractivity contribution is 0.591. The number of aromatic nitrogens is 1. The quantitative estimate of drug-likeness (QED) is 0.542. The molecule has 2 atom stereocenters. The van der Waals surface area contributed by atoms with Crippen LogP contribution in [0.1, 0.15) is 46.3 Å². The number of benzene rings is 2. The largest absolute Gasteiger partial charge is 0.262 e. The first-order valence-electron chi connectivity index (χ1n) is 8.54. The molecule has 3 rings (SSSR count). The van der Waals surface area contributed by atoms with Gasteiger partial charge in [-0.1, -0.05) is 59.8 Å². The van der Waals surface area contributed by atoms with E-state index < -0.39 is 6.04 Å². The predicted octanol–water partition coefficient (Wildman–Crippen LogP) is 5.73. The van der Waals surface area contributed by atoms with E-state index in [-0.39, 0.29) is 5.92 Å². The first-order valence-corrected chi connectivity index (χ1v) is 8.54. The van der Waals surface area contributed by atoms with Crippen molar-refractivity contribution in [3.05, 3.63) is 106 Å². The zero-order valence-corrected chi connectivity index (χ0v) is 14.6. The number of nitrogens with zero attached hydrogens (tertiary/aromatic N) is 2. The summed E-state index contributed by atoms with van der Waals surface area (Å²) in [5.41, 5.74) is 5.51. The highest BCUT2D eigenvalue weighted by Gasteiger charge is 2.23. The minimum absolute atomic E-state index is 0.124. The average molecular weight is 330 g/mol. The van der Waals surface area contributed by atoms with Gasteiger partial charge in [0.2, 0.25) is 0 Å². The van der Waals surface area contributed by atoms with Crippen molar-refractivity contribution >= 4 is 0 Å². The minimum atomic E-state index is -0.397. The Bertz CT molecular complexity index is 845. The summed E-state index contributed by atoms with van der Waals surface area (Å²) >= 11 is 0. The third-order valence-electron chi connectivity index (χ3n) is 4.66. The number of aryl methyl sites for hydroxylation is 2. The second kappa shape index (κ2) is 7.84. The summed E-state index contributed by atoms with van der Waals surface area (Å²) in [5.74, 6) is 0.124. The van der Waals surface area contributed by atoms with E-state index in [1.165, 1.54) is 16.7 Å². The van der Waals surface area contributed by atoms with Gasteiger partial charge in [0, 0.05) is 17.8 Å². The summed E-state index contributed by atoms with van der Waals surface area (Å²) in [6, 6.07) is 22.1. The highest BCUT2D eigenvalue weighted by molar-refractivity contribution is 5.38. The van der Waals surface area contributed by atoms with Gasteiger partial charge in [0.1, 0.15) is 6.04 Å². The molecule has 126 valence electrons. The van der Waals surface area contributed by atoms with Crippen LogP contribution in [-0.4, -0.2) is 4.98 Å². The van der Waals surface area contributed by atoms with Crippen LogP contribution in [0.25, 0.3) is 0 Å². The summed E-state index contributed by atoms with van der Waals surface area (Å²) in [6.07, 6.45) is 2.38. The van der Waals surface area contributed by atoms with E-state index in [1.807, 2.05) is 43.3 Å². The molecule has 0 radical (unpaired) electrons. The van der Waals surface area contributed by atoms with Gasteiger partial charge in [-0.05, 0) is 54.7 Å². The topological polar surface area (TPSA) is 42.3 Å². The number of pyridine rings is 1. The van der Waals surface area contributed by atoms with Crippen molar-refractivity contribution < 1.29 is 0 Å². The number of rotatable bonds is 6. The molecule has 2 aromatic carbocycles. The first-order chi connectivity index (χ1) is 12.2. The number of hydrogen-bond donors (Lipinski definition) is 0. The van der Waals surface area contributed by atoms with Crippen molar-refractivity contribution in [3.63, 3.8) is 0 Å². The van der Waals surface area contributed by atoms with Crippen molar-refractivity contribution in [2.24, 2.45) is 5.18 Å². The zero-order chi connectivity index (χ0) is 17.6. The van der Waals surface area contributed by atoms with Crippen LogP contribution in [0.3, 0.4) is 0 Å². The fourth-order valence-corrected chi connectivity index (χ4v) is 3.34. The fraction of sp³-hybridized carbons (Fsp3) is 0.227. The van der Waals surface area contributed by atoms with E-state index in [0.29, 0.717) is 6.42 Å². The number of nitroso groups, excluding NO2 is 1. The molecule has 0 saturated carbocycles. The zero-order valence-electron chi connectivity index (χ0n) is 14.6. The lowest BCUT2D eigenvalue weighted by Crippen LogP contribution is -2.08. The van der Waals surface area contributed by atoms with Crippen LogP contribution in [0, 0.1) is 18.8 Å². The minimum Gasteiger partial charge on any atom is -0.262 e. The Kier molecular flexibility index (Phi) is 5.34. The average Bonchev–Trinajstić information content (AvgIpc) is 2.64. The molecule has 0 N–H and O–H groups in total. The van der Waals surface area contributed by atoms with Crippen LogP contribution in [0.4, 0.5) is 0 Å². The lowest BCUT2D eigenvalue weighted by Gasteiger charge is -2.22. The predicted molar refractivity (Wildman–Crippen MR) is 102 cm³/mol. The van der Waals surface area contributed by atoms with Gasteiger partial charge in [0.25, 0.3) is 0 Å². The molecule has 1 unspecified atom stereocenters. The maximum Gasteiger partial charge on any atom is 0.118 e. The van der Waals surface area contributed by atoms with Gasteiger partial charge < -0.3 is 0 Å². The van der Waals surface area contributed by atoms with E-state index in [1.54, 1.807) is 6.20 Å². The van der Waals surface area contributed by atoms with Crippen LogP contribution < -0.4 is 0 Å². The summed E-state index contributed by atoms with van der Waals surface area (Å²) in [5, 5.41) is 3.44. The fourth-order valence-electron chi connectivity index (χ4n) is 3.34. The van der Waals surface area contributed by atoms with Gasteiger partial charge in [0.05, 0.1) is 0 Å². The monoisotopic (exact) mass is 330 g/mol. The molecule has 0 aliphatic rings. The van der Waals surface area contributed by atoms with E-state index in [4.69, 9.17) is 0 Å². The molecule has 0 fully saturated rings. The maximum absolute atomic E-state index is 11.6. The molecule has 0 amide bonds. The highest BCUT2D eigenvalue weighted by atomic mass is 16.3. The Labute approximate surface area is 148 Å². The molecule has 1 heterocycles. The maximum atomic E-state index is 11.6. The van der Waals surface area contributed by atoms with Gasteiger partial charge in [-0.25, -0.2) is 0 Å². The Hall–Kier alpha value is -2.81. The van der Waals surface area contributed by atoms with E-state index in [0.717, 1.165) is 11.3 Å². The normalized spacial score (nSPS) is 13.2. The highest BCUT2D eigenvalue weighted by Crippen LogP contribution is 2.36. The Morgan fingerprint density at radius 2 is 1.64 bits per heavy atom. The summed E-state index contributed by atoms with van der Waals surface area (Å²) in [7, 11) is 0. The molecule has 0 spiro atoms. The molecule has 0 aliphatic carbocycles. The standard InChI is InChI=1S/C22H22N2O/c1-16-8-6-7-11-20(16)21(18-9-4-3-5-10-18)15-22(24-25)19-12-13-23-17(2)14-19/h3-14,21-22H,15H2,1-2H3/t21-,22?/m1/s1. The second-order valence-electron chi connectivity index (χ2n) is 6.41. The Balaban J connectivity index is 2.00. The Morgan fingerprint density at radius 3 is 2.32 bits per heavy atom. The molecule has 25 heavy (non-hydrogen) atoms. The summed E-state index contributed by atoms with van der Waals surface area (Å²) in [4.78, 5) is 15.9. The van der Waals surface area contributed by atoms with Gasteiger partial charge in [-0.15, -0.1) is 0 Å². The van der Waals surface area contributed by atoms with E-state index >= 15 is 0 Å². The smallest absolute Gasteiger partial charge is 0.118 e. The lowest BCUT2D eigenvalue weighted by atomic mass is 9.82. The van der Waals surface area contributed by atoms with Crippen LogP contribution in [-0.2, 0) is 0 Å². The van der Waals surface area contributed by atoms with Crippen LogP contribution in [0.15, 0.2) is 78.1 Å². The molecular weight excluding hydrogens is 308 g/mol. The van der Waals surface area contributed by atoms with E-state index in [2.05, 4.69) is 47.4 Å². The molecular formula is C22H22N2O. The van der Waals surface area contributed by atoms with Crippen LogP contribution >= 0.6 is 0 Å². The van der Waals surface area contributed by atoms with Crippen molar-refractivity contribution in [2.75, 3.05) is 0 Å². The van der Waals surface area contributed by atoms with Crippen molar-refractivity contribution in [3.8, 4) is 0 Å². The van der Waals surface area contributed by atoms with Crippen molar-refractivity contribution in [2.45, 2.75) is 32.2 Å². The van der Waals surface area contributed by atoms with Crippen LogP contribution in [0.2, 0.25) is 0 Å². The molecule has 3 aromatic rings. The molecule has 3 nitrogen and oxygen atoms in total. The number of hydrogen-bond acceptors (Lipinski definition) is 3. The van der Waals surface area contributed by atoms with Crippen LogP contribution in [0.5, 0.6) is 0 Å². The molecule has 0 aliphatic heterocycles. The third-order valence-corrected chi connectivity index (χ3v) is 4.66. The molecule has 0 bridgehead atoms. The van der Waals surface area contributed by atoms with Gasteiger partial charge >= 0.3 is 0 Å². The molecule has 0 saturated heterocycles. The summed E-state index contributed by atoms with van der Waals surface area (Å²) in [6.45, 7) is 4.05. The molecule has 1 aromatic heterocycles. The Morgan fingerprint density at radius 1 is 0.920 bits per heavy atom. The second-order valence-corrected chi connectivity index (χ2v) is 6.41. The van der Waals surface area contributed by atoms with Gasteiger partial charge in [0.15, 0.2) is 0 Å². The first kappa shape index (κ1) is 17.0. The SMILES string of the molecule is Cc1cc(C(C[C@H](c2ccccc2)c2ccccc2C)N=O)ccn1. The van der Waals surface area contributed by atoms with E-state index in [9.17, 15) is 4.91 Å². The summed E-state index contributed by atoms with van der Waals surface area (Å²) < 4.78 is 0.